The molecule has 0 atom stereocenters. The Balaban J connectivity index is 2.50. The summed E-state index contributed by atoms with van der Waals surface area (Å²) in [6.07, 6.45) is 3.17. The number of rotatable bonds is 6. The summed E-state index contributed by atoms with van der Waals surface area (Å²) in [5.41, 5.74) is 2.33. The van der Waals surface area contributed by atoms with Crippen molar-refractivity contribution >= 4 is 11.5 Å². The topological polar surface area (TPSA) is 32.6 Å². The first-order chi connectivity index (χ1) is 9.51. The van der Waals surface area contributed by atoms with E-state index in [9.17, 15) is 0 Å². The molecule has 0 radical (unpaired) electrons. The van der Waals surface area contributed by atoms with Crippen molar-refractivity contribution in [3.63, 3.8) is 0 Å². The summed E-state index contributed by atoms with van der Waals surface area (Å²) in [7, 11) is 2.14. The lowest BCUT2D eigenvalue weighted by Gasteiger charge is -2.35. The standard InChI is InChI=1S/C16H26N4/c1-6-16(3,4)19(5)15-13(12-17-7-2)20-11-9-8-10-14(20)18-15/h8-11,17H,6-7,12H2,1-5H3. The van der Waals surface area contributed by atoms with Crippen LogP contribution in [0.5, 0.6) is 0 Å². The van der Waals surface area contributed by atoms with Gasteiger partial charge in [-0.2, -0.15) is 0 Å². The summed E-state index contributed by atoms with van der Waals surface area (Å²) in [6, 6.07) is 6.15. The van der Waals surface area contributed by atoms with Gasteiger partial charge in [0, 0.05) is 25.3 Å². The number of imidazole rings is 1. The maximum atomic E-state index is 4.83. The van der Waals surface area contributed by atoms with E-state index in [1.807, 2.05) is 6.07 Å². The van der Waals surface area contributed by atoms with Crippen molar-refractivity contribution in [2.45, 2.75) is 46.2 Å². The van der Waals surface area contributed by atoms with Crippen molar-refractivity contribution in [2.75, 3.05) is 18.5 Å². The second kappa shape index (κ2) is 5.83. The molecule has 1 N–H and O–H groups in total. The van der Waals surface area contributed by atoms with Gasteiger partial charge < -0.3 is 14.6 Å². The van der Waals surface area contributed by atoms with Crippen molar-refractivity contribution in [2.24, 2.45) is 0 Å². The van der Waals surface area contributed by atoms with Gasteiger partial charge >= 0.3 is 0 Å². The van der Waals surface area contributed by atoms with Gasteiger partial charge in [-0.25, -0.2) is 4.98 Å². The second-order valence-electron chi connectivity index (χ2n) is 5.82. The van der Waals surface area contributed by atoms with Crippen molar-refractivity contribution in [3.05, 3.63) is 30.1 Å². The minimum Gasteiger partial charge on any atom is -0.353 e. The monoisotopic (exact) mass is 274 g/mol. The average molecular weight is 274 g/mol. The van der Waals surface area contributed by atoms with Gasteiger partial charge in [-0.05, 0) is 38.9 Å². The first-order valence-electron chi connectivity index (χ1n) is 7.41. The molecule has 4 nitrogen and oxygen atoms in total. The van der Waals surface area contributed by atoms with Gasteiger partial charge in [0.2, 0.25) is 0 Å². The summed E-state index contributed by atoms with van der Waals surface area (Å²) >= 11 is 0. The lowest BCUT2D eigenvalue weighted by molar-refractivity contribution is 0.466. The van der Waals surface area contributed by atoms with E-state index in [1.54, 1.807) is 0 Å². The Hall–Kier alpha value is -1.55. The summed E-state index contributed by atoms with van der Waals surface area (Å²) in [5.74, 6) is 1.07. The summed E-state index contributed by atoms with van der Waals surface area (Å²) in [4.78, 5) is 7.13. The quantitative estimate of drug-likeness (QED) is 0.878. The Bertz CT molecular complexity index is 571. The van der Waals surface area contributed by atoms with Gasteiger partial charge in [-0.15, -0.1) is 0 Å². The molecule has 0 aliphatic rings. The Morgan fingerprint density at radius 1 is 1.30 bits per heavy atom. The molecular formula is C16H26N4. The molecule has 0 aliphatic carbocycles. The first kappa shape index (κ1) is 14.9. The molecule has 0 saturated carbocycles. The zero-order valence-electron chi connectivity index (χ0n) is 13.3. The van der Waals surface area contributed by atoms with Gasteiger partial charge in [-0.1, -0.05) is 19.9 Å². The molecule has 110 valence electrons. The van der Waals surface area contributed by atoms with E-state index in [2.05, 4.69) is 67.7 Å². The van der Waals surface area contributed by atoms with Crippen molar-refractivity contribution in [1.82, 2.24) is 14.7 Å². The van der Waals surface area contributed by atoms with Crippen LogP contribution < -0.4 is 10.2 Å². The van der Waals surface area contributed by atoms with Crippen LogP contribution in [0.4, 0.5) is 5.82 Å². The molecule has 0 fully saturated rings. The van der Waals surface area contributed by atoms with Crippen LogP contribution in [-0.2, 0) is 6.54 Å². The Kier molecular flexibility index (Phi) is 4.33. The highest BCUT2D eigenvalue weighted by molar-refractivity contribution is 5.56. The molecule has 0 saturated heterocycles. The van der Waals surface area contributed by atoms with Crippen LogP contribution in [0.25, 0.3) is 5.65 Å². The molecule has 20 heavy (non-hydrogen) atoms. The van der Waals surface area contributed by atoms with Crippen LogP contribution in [0.15, 0.2) is 24.4 Å². The predicted octanol–water partition coefficient (Wildman–Crippen LogP) is 3.07. The van der Waals surface area contributed by atoms with Gasteiger partial charge in [0.1, 0.15) is 5.65 Å². The van der Waals surface area contributed by atoms with Crippen LogP contribution in [-0.4, -0.2) is 28.5 Å². The highest BCUT2D eigenvalue weighted by Crippen LogP contribution is 2.28. The highest BCUT2D eigenvalue weighted by atomic mass is 15.3. The average Bonchev–Trinajstić information content (AvgIpc) is 2.82. The zero-order chi connectivity index (χ0) is 14.8. The normalized spacial score (nSPS) is 12.1. The number of hydrogen-bond acceptors (Lipinski definition) is 3. The van der Waals surface area contributed by atoms with E-state index >= 15 is 0 Å². The maximum absolute atomic E-state index is 4.83. The van der Waals surface area contributed by atoms with E-state index in [-0.39, 0.29) is 5.54 Å². The molecule has 0 bridgehead atoms. The van der Waals surface area contributed by atoms with Gasteiger partial charge in [0.25, 0.3) is 0 Å². The molecule has 0 aromatic carbocycles. The Labute approximate surface area is 121 Å². The maximum Gasteiger partial charge on any atom is 0.152 e. The largest absolute Gasteiger partial charge is 0.353 e. The lowest BCUT2D eigenvalue weighted by Crippen LogP contribution is -2.41. The summed E-state index contributed by atoms with van der Waals surface area (Å²) < 4.78 is 2.18. The minimum atomic E-state index is 0.0961. The fourth-order valence-corrected chi connectivity index (χ4v) is 2.23. The van der Waals surface area contributed by atoms with E-state index in [1.165, 1.54) is 5.69 Å². The Morgan fingerprint density at radius 3 is 2.70 bits per heavy atom. The molecule has 2 aromatic heterocycles. The fourth-order valence-electron chi connectivity index (χ4n) is 2.23. The second-order valence-corrected chi connectivity index (χ2v) is 5.82. The van der Waals surface area contributed by atoms with Crippen LogP contribution >= 0.6 is 0 Å². The first-order valence-corrected chi connectivity index (χ1v) is 7.41. The van der Waals surface area contributed by atoms with Gasteiger partial charge in [-0.3, -0.25) is 0 Å². The fraction of sp³-hybridized carbons (Fsp3) is 0.562. The molecular weight excluding hydrogens is 248 g/mol. The van der Waals surface area contributed by atoms with Gasteiger partial charge in [0.05, 0.1) is 5.69 Å². The van der Waals surface area contributed by atoms with Crippen molar-refractivity contribution < 1.29 is 0 Å². The number of hydrogen-bond donors (Lipinski definition) is 1. The zero-order valence-corrected chi connectivity index (χ0v) is 13.3. The molecule has 4 heteroatoms. The van der Waals surface area contributed by atoms with Crippen molar-refractivity contribution in [3.8, 4) is 0 Å². The molecule has 0 aliphatic heterocycles. The number of nitrogens with one attached hydrogen (secondary N) is 1. The third-order valence-electron chi connectivity index (χ3n) is 4.24. The smallest absolute Gasteiger partial charge is 0.152 e. The molecule has 0 amide bonds. The van der Waals surface area contributed by atoms with E-state index < -0.39 is 0 Å². The molecule has 2 rings (SSSR count). The van der Waals surface area contributed by atoms with Gasteiger partial charge in [0.15, 0.2) is 5.82 Å². The number of anilines is 1. The number of nitrogens with zero attached hydrogens (tertiary/aromatic N) is 3. The lowest BCUT2D eigenvalue weighted by atomic mass is 10.00. The minimum absolute atomic E-state index is 0.0961. The summed E-state index contributed by atoms with van der Waals surface area (Å²) in [5, 5.41) is 3.42. The molecule has 2 aromatic rings. The molecule has 0 spiro atoms. The van der Waals surface area contributed by atoms with Crippen LogP contribution in [0.3, 0.4) is 0 Å². The van der Waals surface area contributed by atoms with E-state index in [0.717, 1.165) is 31.0 Å². The Morgan fingerprint density at radius 2 is 2.05 bits per heavy atom. The van der Waals surface area contributed by atoms with E-state index in [0.29, 0.717) is 0 Å². The predicted molar refractivity (Wildman–Crippen MR) is 85.3 cm³/mol. The number of fused-ring (bicyclic) bond motifs is 1. The van der Waals surface area contributed by atoms with E-state index in [4.69, 9.17) is 4.98 Å². The van der Waals surface area contributed by atoms with Crippen LogP contribution in [0.1, 0.15) is 39.8 Å². The SMILES string of the molecule is CCNCc1c(N(C)C(C)(C)CC)nc2ccccn12. The third-order valence-corrected chi connectivity index (χ3v) is 4.24. The highest BCUT2D eigenvalue weighted by Gasteiger charge is 2.26. The van der Waals surface area contributed by atoms with Crippen LogP contribution in [0.2, 0.25) is 0 Å². The van der Waals surface area contributed by atoms with Crippen molar-refractivity contribution in [1.29, 1.82) is 0 Å². The number of pyridine rings is 1. The number of aromatic nitrogens is 2. The third kappa shape index (κ3) is 2.66. The van der Waals surface area contributed by atoms with Crippen LogP contribution in [0, 0.1) is 0 Å². The molecule has 0 unspecified atom stereocenters. The molecule has 2 heterocycles. The summed E-state index contributed by atoms with van der Waals surface area (Å²) in [6.45, 7) is 10.7.